The Morgan fingerprint density at radius 2 is 1.72 bits per heavy atom. The van der Waals surface area contributed by atoms with E-state index in [-0.39, 0.29) is 19.1 Å². The Balaban J connectivity index is 1.91. The molecule has 0 saturated carbocycles. The number of amides is 2. The molecule has 0 bridgehead atoms. The first-order chi connectivity index (χ1) is 15.4. The molecule has 0 radical (unpaired) electrons. The molecule has 0 aliphatic heterocycles. The Hall–Kier alpha value is -3.06. The van der Waals surface area contributed by atoms with Crippen LogP contribution in [0.5, 0.6) is 0 Å². The van der Waals surface area contributed by atoms with E-state index in [9.17, 15) is 14.7 Å². The van der Waals surface area contributed by atoms with Crippen molar-refractivity contribution in [2.45, 2.75) is 38.6 Å². The maximum absolute atomic E-state index is 13.7. The Bertz CT molecular complexity index is 927. The first-order valence-electron chi connectivity index (χ1n) is 11.2. The molecular formula is C25H33N3O4. The molecule has 7 nitrogen and oxygen atoms in total. The second-order valence-electron chi connectivity index (χ2n) is 8.08. The van der Waals surface area contributed by atoms with Crippen LogP contribution in [0.25, 0.3) is 0 Å². The second-order valence-corrected chi connectivity index (χ2v) is 8.08. The van der Waals surface area contributed by atoms with E-state index in [1.54, 1.807) is 0 Å². The van der Waals surface area contributed by atoms with Gasteiger partial charge in [-0.25, -0.2) is 4.79 Å². The maximum atomic E-state index is 13.7. The number of carbonyl (C=O) groups excluding carboxylic acids is 1. The zero-order valence-corrected chi connectivity index (χ0v) is 19.1. The van der Waals surface area contributed by atoms with E-state index in [1.807, 2.05) is 48.5 Å². The summed E-state index contributed by atoms with van der Waals surface area (Å²) in [6.45, 7) is 6.36. The fourth-order valence-corrected chi connectivity index (χ4v) is 4.53. The molecule has 7 heteroatoms. The van der Waals surface area contributed by atoms with Gasteiger partial charge in [0.05, 0.1) is 6.61 Å². The number of nitrogens with one attached hydrogen (secondary N) is 1. The van der Waals surface area contributed by atoms with Crippen molar-refractivity contribution in [2.75, 3.05) is 43.6 Å². The summed E-state index contributed by atoms with van der Waals surface area (Å²) in [6.07, 6.45) is 0.279. The van der Waals surface area contributed by atoms with Crippen LogP contribution in [0.2, 0.25) is 0 Å². The number of anilines is 2. The molecule has 2 aromatic carbocycles. The third kappa shape index (κ3) is 4.88. The summed E-state index contributed by atoms with van der Waals surface area (Å²) in [5.41, 5.74) is 2.71. The van der Waals surface area contributed by atoms with Crippen LogP contribution in [0.3, 0.4) is 0 Å². The van der Waals surface area contributed by atoms with Crippen molar-refractivity contribution >= 4 is 23.4 Å². The number of ether oxygens (including phenoxy) is 1. The molecule has 0 heterocycles. The molecule has 2 amide bonds. The fraction of sp³-hybridized carbons (Fsp3) is 0.440. The number of carboxylic acid groups (broad SMARTS) is 1. The smallest absolute Gasteiger partial charge is 0.408 e. The average Bonchev–Trinajstić information content (AvgIpc) is 2.80. The van der Waals surface area contributed by atoms with Gasteiger partial charge in [-0.2, -0.15) is 0 Å². The van der Waals surface area contributed by atoms with Crippen LogP contribution in [0.1, 0.15) is 31.4 Å². The molecule has 3 rings (SSSR count). The quantitative estimate of drug-likeness (QED) is 0.617. The second kappa shape index (κ2) is 10.5. The molecule has 2 aromatic rings. The van der Waals surface area contributed by atoms with Crippen LogP contribution in [-0.4, -0.2) is 60.9 Å². The van der Waals surface area contributed by atoms with Crippen molar-refractivity contribution < 1.29 is 19.4 Å². The van der Waals surface area contributed by atoms with Crippen LogP contribution in [-0.2, 0) is 22.4 Å². The highest BCUT2D eigenvalue weighted by atomic mass is 16.5. The lowest BCUT2D eigenvalue weighted by Crippen LogP contribution is -2.62. The van der Waals surface area contributed by atoms with Gasteiger partial charge in [0, 0.05) is 44.5 Å². The number of hydrogen-bond donors (Lipinski definition) is 2. The number of aryl methyl sites for hydroxylation is 1. The van der Waals surface area contributed by atoms with Gasteiger partial charge in [0.15, 0.2) is 0 Å². The fourth-order valence-electron chi connectivity index (χ4n) is 4.53. The molecule has 1 atom stereocenters. The summed E-state index contributed by atoms with van der Waals surface area (Å²) >= 11 is 0. The van der Waals surface area contributed by atoms with E-state index < -0.39 is 11.6 Å². The van der Waals surface area contributed by atoms with Gasteiger partial charge in [0.2, 0.25) is 0 Å². The van der Waals surface area contributed by atoms with Crippen molar-refractivity contribution in [2.24, 2.45) is 0 Å². The van der Waals surface area contributed by atoms with Gasteiger partial charge < -0.3 is 20.1 Å². The first kappa shape index (κ1) is 23.6. The molecule has 1 aliphatic carbocycles. The van der Waals surface area contributed by atoms with Crippen LogP contribution in [0.15, 0.2) is 48.5 Å². The minimum absolute atomic E-state index is 0.127. The number of rotatable bonds is 9. The number of nitrogens with zero attached hydrogens (tertiary/aromatic N) is 2. The van der Waals surface area contributed by atoms with Crippen LogP contribution in [0.4, 0.5) is 16.2 Å². The molecule has 0 saturated heterocycles. The summed E-state index contributed by atoms with van der Waals surface area (Å²) in [5, 5.41) is 13.0. The van der Waals surface area contributed by atoms with Crippen molar-refractivity contribution in [3.8, 4) is 0 Å². The van der Waals surface area contributed by atoms with Gasteiger partial charge in [0.1, 0.15) is 5.54 Å². The van der Waals surface area contributed by atoms with Gasteiger partial charge in [-0.15, -0.1) is 0 Å². The van der Waals surface area contributed by atoms with Crippen molar-refractivity contribution in [1.82, 2.24) is 4.90 Å². The minimum Gasteiger partial charge on any atom is -0.465 e. The molecule has 1 unspecified atom stereocenters. The molecule has 2 N–H and O–H groups in total. The van der Waals surface area contributed by atoms with E-state index in [1.165, 1.54) is 12.0 Å². The number of fused-ring (bicyclic) bond motifs is 1. The van der Waals surface area contributed by atoms with E-state index in [2.05, 4.69) is 24.1 Å². The van der Waals surface area contributed by atoms with E-state index >= 15 is 0 Å². The molecule has 1 aliphatic rings. The normalized spacial score (nSPS) is 17.3. The molecule has 172 valence electrons. The Morgan fingerprint density at radius 3 is 2.31 bits per heavy atom. The van der Waals surface area contributed by atoms with Crippen molar-refractivity contribution in [1.29, 1.82) is 0 Å². The third-order valence-electron chi connectivity index (χ3n) is 6.35. The van der Waals surface area contributed by atoms with Gasteiger partial charge in [-0.05, 0) is 62.1 Å². The van der Waals surface area contributed by atoms with Gasteiger partial charge in [0.25, 0.3) is 5.91 Å². The minimum atomic E-state index is -1.20. The number of methoxy groups -OCH3 is 1. The average molecular weight is 440 g/mol. The Kier molecular flexibility index (Phi) is 7.75. The van der Waals surface area contributed by atoms with Gasteiger partial charge >= 0.3 is 6.09 Å². The number of benzene rings is 2. The molecule has 0 spiro atoms. The molecular weight excluding hydrogens is 406 g/mol. The first-order valence-corrected chi connectivity index (χ1v) is 11.2. The number of hydrogen-bond acceptors (Lipinski definition) is 4. The zero-order valence-electron chi connectivity index (χ0n) is 19.1. The SMILES string of the molecule is CCN(CC)c1ccc(NC(=O)C2(N(CCOC)C(=O)O)CCc3ccccc3C2)cc1. The molecule has 32 heavy (non-hydrogen) atoms. The highest BCUT2D eigenvalue weighted by Crippen LogP contribution is 2.35. The predicted molar refractivity (Wildman–Crippen MR) is 126 cm³/mol. The molecule has 0 fully saturated rings. The summed E-state index contributed by atoms with van der Waals surface area (Å²) < 4.78 is 5.14. The van der Waals surface area contributed by atoms with E-state index in [0.717, 1.165) is 29.9 Å². The highest BCUT2D eigenvalue weighted by Gasteiger charge is 2.48. The topological polar surface area (TPSA) is 82.1 Å². The van der Waals surface area contributed by atoms with Gasteiger partial charge in [-0.3, -0.25) is 9.69 Å². The highest BCUT2D eigenvalue weighted by molar-refractivity contribution is 6.00. The number of carbonyl (C=O) groups is 2. The van der Waals surface area contributed by atoms with Crippen molar-refractivity contribution in [3.63, 3.8) is 0 Å². The monoisotopic (exact) mass is 439 g/mol. The Labute approximate surface area is 190 Å². The van der Waals surface area contributed by atoms with E-state index in [4.69, 9.17) is 4.74 Å². The lowest BCUT2D eigenvalue weighted by atomic mass is 9.76. The summed E-state index contributed by atoms with van der Waals surface area (Å²) in [6, 6.07) is 15.6. The van der Waals surface area contributed by atoms with Crippen LogP contribution >= 0.6 is 0 Å². The maximum Gasteiger partial charge on any atom is 0.408 e. The van der Waals surface area contributed by atoms with Crippen molar-refractivity contribution in [3.05, 3.63) is 59.7 Å². The zero-order chi connectivity index (χ0) is 23.1. The predicted octanol–water partition coefficient (Wildman–Crippen LogP) is 4.03. The largest absolute Gasteiger partial charge is 0.465 e. The van der Waals surface area contributed by atoms with Crippen LogP contribution < -0.4 is 10.2 Å². The van der Waals surface area contributed by atoms with Gasteiger partial charge in [-0.1, -0.05) is 24.3 Å². The van der Waals surface area contributed by atoms with Crippen LogP contribution in [0, 0.1) is 0 Å². The lowest BCUT2D eigenvalue weighted by molar-refractivity contribution is -0.128. The third-order valence-corrected chi connectivity index (χ3v) is 6.35. The Morgan fingerprint density at radius 1 is 1.06 bits per heavy atom. The standard InChI is InChI=1S/C25H33N3O4/c1-4-27(5-2)22-12-10-21(11-13-22)26-23(29)25(28(24(30)31)16-17-32-3)15-14-19-8-6-7-9-20(19)18-25/h6-13H,4-5,14-18H2,1-3H3,(H,26,29)(H,30,31). The summed E-state index contributed by atoms with van der Waals surface area (Å²) in [7, 11) is 1.53. The van der Waals surface area contributed by atoms with E-state index in [0.29, 0.717) is 24.9 Å². The molecule has 0 aromatic heterocycles. The lowest BCUT2D eigenvalue weighted by Gasteiger charge is -2.44. The summed E-state index contributed by atoms with van der Waals surface area (Å²) in [5.74, 6) is -0.305. The summed E-state index contributed by atoms with van der Waals surface area (Å²) in [4.78, 5) is 29.4.